The minimum Gasteiger partial charge on any atom is -0.353 e. The van der Waals surface area contributed by atoms with Crippen molar-refractivity contribution >= 4 is 32.3 Å². The Kier molecular flexibility index (Phi) is 7.00. The van der Waals surface area contributed by atoms with E-state index in [1.54, 1.807) is 0 Å². The fraction of sp³-hybridized carbons (Fsp3) is 0.500. The molecule has 2 aromatic carbocycles. The third kappa shape index (κ3) is 4.43. The third-order valence-electron chi connectivity index (χ3n) is 4.81. The van der Waals surface area contributed by atoms with Crippen molar-refractivity contribution in [3.05, 3.63) is 41.4 Å². The summed E-state index contributed by atoms with van der Waals surface area (Å²) in [6.07, 6.45) is 4.49. The summed E-state index contributed by atoms with van der Waals surface area (Å²) in [6, 6.07) is 13.2. The molecule has 3 aromatic rings. The summed E-state index contributed by atoms with van der Waals surface area (Å²) >= 11 is 1.91. The Morgan fingerprint density at radius 3 is 2.50 bits per heavy atom. The molecule has 4 heteroatoms. The van der Waals surface area contributed by atoms with Gasteiger partial charge in [0.2, 0.25) is 10.5 Å². The third-order valence-corrected chi connectivity index (χ3v) is 5.96. The predicted octanol–water partition coefficient (Wildman–Crippen LogP) is 5.61. The smallest absolute Gasteiger partial charge is 0.235 e. The van der Waals surface area contributed by atoms with Crippen molar-refractivity contribution in [1.29, 1.82) is 0 Å². The van der Waals surface area contributed by atoms with Gasteiger partial charge in [-0.05, 0) is 44.6 Å². The van der Waals surface area contributed by atoms with E-state index >= 15 is 0 Å². The van der Waals surface area contributed by atoms with E-state index in [1.165, 1.54) is 38.8 Å². The Morgan fingerprint density at radius 1 is 0.962 bits per heavy atom. The molecular formula is C22H30NO2S+. The van der Waals surface area contributed by atoms with Crippen LogP contribution in [0.25, 0.3) is 21.0 Å². The summed E-state index contributed by atoms with van der Waals surface area (Å²) in [5, 5.41) is 4.08. The van der Waals surface area contributed by atoms with Gasteiger partial charge in [0.25, 0.3) is 0 Å². The van der Waals surface area contributed by atoms with Gasteiger partial charge in [-0.3, -0.25) is 0 Å². The van der Waals surface area contributed by atoms with Crippen molar-refractivity contribution in [3.8, 4) is 0 Å². The van der Waals surface area contributed by atoms with Gasteiger partial charge in [0, 0.05) is 38.0 Å². The first-order valence-corrected chi connectivity index (χ1v) is 10.6. The summed E-state index contributed by atoms with van der Waals surface area (Å²) in [6.45, 7) is 8.80. The van der Waals surface area contributed by atoms with E-state index in [0.29, 0.717) is 13.2 Å². The maximum atomic E-state index is 5.63. The van der Waals surface area contributed by atoms with Crippen LogP contribution in [0.3, 0.4) is 0 Å². The number of hydrogen-bond acceptors (Lipinski definition) is 3. The SMILES string of the molecule is CCOC(CCCCC[n+]1c(C)sc2c3ccccc3ccc21)OCC. The van der Waals surface area contributed by atoms with Gasteiger partial charge >= 0.3 is 0 Å². The topological polar surface area (TPSA) is 22.3 Å². The first-order chi connectivity index (χ1) is 12.7. The molecule has 0 spiro atoms. The molecule has 0 amide bonds. The van der Waals surface area contributed by atoms with Crippen molar-refractivity contribution in [2.75, 3.05) is 13.2 Å². The van der Waals surface area contributed by atoms with Crippen molar-refractivity contribution in [3.63, 3.8) is 0 Å². The number of fused-ring (bicyclic) bond motifs is 3. The summed E-state index contributed by atoms with van der Waals surface area (Å²) in [7, 11) is 0. The molecule has 0 aliphatic heterocycles. The highest BCUT2D eigenvalue weighted by molar-refractivity contribution is 7.19. The molecule has 0 N–H and O–H groups in total. The van der Waals surface area contributed by atoms with Gasteiger partial charge in [-0.15, -0.1) is 0 Å². The van der Waals surface area contributed by atoms with E-state index in [4.69, 9.17) is 9.47 Å². The Labute approximate surface area is 160 Å². The Bertz CT molecular complexity index is 837. The fourth-order valence-electron chi connectivity index (χ4n) is 3.55. The molecule has 0 aliphatic rings. The molecule has 1 heterocycles. The number of rotatable bonds is 10. The van der Waals surface area contributed by atoms with Crippen LogP contribution in [0.4, 0.5) is 0 Å². The predicted molar refractivity (Wildman–Crippen MR) is 110 cm³/mol. The molecule has 3 nitrogen and oxygen atoms in total. The van der Waals surface area contributed by atoms with Crippen LogP contribution < -0.4 is 4.57 Å². The first kappa shape index (κ1) is 19.3. The number of benzene rings is 2. The average Bonchev–Trinajstić information content (AvgIpc) is 2.97. The number of unbranched alkanes of at least 4 members (excludes halogenated alkanes) is 2. The van der Waals surface area contributed by atoms with E-state index in [9.17, 15) is 0 Å². The molecular weight excluding hydrogens is 342 g/mol. The average molecular weight is 373 g/mol. The fourth-order valence-corrected chi connectivity index (χ4v) is 4.72. The lowest BCUT2D eigenvalue weighted by Crippen LogP contribution is -2.34. The summed E-state index contributed by atoms with van der Waals surface area (Å²) < 4.78 is 15.1. The van der Waals surface area contributed by atoms with Crippen LogP contribution in [-0.4, -0.2) is 19.5 Å². The molecule has 0 aliphatic carbocycles. The van der Waals surface area contributed by atoms with Crippen molar-refractivity contribution in [2.24, 2.45) is 0 Å². The summed E-state index contributed by atoms with van der Waals surface area (Å²) in [4.78, 5) is 0. The number of thiazole rings is 1. The summed E-state index contributed by atoms with van der Waals surface area (Å²) in [5.74, 6) is 0. The van der Waals surface area contributed by atoms with Crippen LogP contribution in [0.1, 0.15) is 44.5 Å². The molecule has 1 aromatic heterocycles. The van der Waals surface area contributed by atoms with E-state index in [0.717, 1.165) is 19.4 Å². The second kappa shape index (κ2) is 9.45. The van der Waals surface area contributed by atoms with E-state index in [2.05, 4.69) is 47.9 Å². The van der Waals surface area contributed by atoms with Gasteiger partial charge in [0.05, 0.1) is 0 Å². The van der Waals surface area contributed by atoms with Crippen LogP contribution in [0.2, 0.25) is 0 Å². The van der Waals surface area contributed by atoms with Crippen molar-refractivity contribution in [2.45, 2.75) is 59.3 Å². The molecule has 0 saturated heterocycles. The van der Waals surface area contributed by atoms with Crippen LogP contribution in [0, 0.1) is 6.92 Å². The highest BCUT2D eigenvalue weighted by Gasteiger charge is 2.18. The quantitative estimate of drug-likeness (QED) is 0.262. The zero-order valence-electron chi connectivity index (χ0n) is 16.2. The highest BCUT2D eigenvalue weighted by atomic mass is 32.1. The minimum atomic E-state index is -0.0345. The Hall–Kier alpha value is -1.49. The number of aryl methyl sites for hydroxylation is 2. The van der Waals surface area contributed by atoms with Gasteiger partial charge in [0.1, 0.15) is 11.2 Å². The molecule has 0 saturated carbocycles. The van der Waals surface area contributed by atoms with E-state index in [1.807, 2.05) is 25.2 Å². The Morgan fingerprint density at radius 2 is 1.73 bits per heavy atom. The van der Waals surface area contributed by atoms with Crippen molar-refractivity contribution < 1.29 is 14.0 Å². The maximum Gasteiger partial charge on any atom is 0.235 e. The van der Waals surface area contributed by atoms with E-state index in [-0.39, 0.29) is 6.29 Å². The molecule has 26 heavy (non-hydrogen) atoms. The molecule has 0 atom stereocenters. The molecule has 3 rings (SSSR count). The van der Waals surface area contributed by atoms with Crippen LogP contribution in [0.5, 0.6) is 0 Å². The standard InChI is InChI=1S/C22H30NO2S/c1-4-24-21(25-5-2)13-7-6-10-16-23-17(3)26-22-19-12-9-8-11-18(19)14-15-20(22)23/h8-9,11-12,14-15,21H,4-7,10,13,16H2,1-3H3/q+1. The lowest BCUT2D eigenvalue weighted by atomic mass is 10.1. The second-order valence-electron chi connectivity index (χ2n) is 6.60. The molecule has 140 valence electrons. The number of ether oxygens (including phenoxy) is 2. The molecule has 0 unspecified atom stereocenters. The molecule has 0 bridgehead atoms. The lowest BCUT2D eigenvalue weighted by molar-refractivity contribution is -0.673. The number of nitrogens with zero attached hydrogens (tertiary/aromatic N) is 1. The van der Waals surface area contributed by atoms with Crippen LogP contribution in [0.15, 0.2) is 36.4 Å². The largest absolute Gasteiger partial charge is 0.353 e. The zero-order valence-corrected chi connectivity index (χ0v) is 17.0. The van der Waals surface area contributed by atoms with Gasteiger partial charge in [-0.2, -0.15) is 4.57 Å². The molecule has 0 fully saturated rings. The van der Waals surface area contributed by atoms with Crippen molar-refractivity contribution in [1.82, 2.24) is 0 Å². The molecule has 0 radical (unpaired) electrons. The normalized spacial score (nSPS) is 11.8. The second-order valence-corrected chi connectivity index (χ2v) is 7.80. The zero-order chi connectivity index (χ0) is 18.4. The van der Waals surface area contributed by atoms with E-state index < -0.39 is 0 Å². The van der Waals surface area contributed by atoms with Crippen LogP contribution in [-0.2, 0) is 16.0 Å². The van der Waals surface area contributed by atoms with Gasteiger partial charge < -0.3 is 9.47 Å². The number of aromatic nitrogens is 1. The summed E-state index contributed by atoms with van der Waals surface area (Å²) in [5.41, 5.74) is 1.37. The number of hydrogen-bond donors (Lipinski definition) is 0. The van der Waals surface area contributed by atoms with Crippen LogP contribution >= 0.6 is 11.3 Å². The minimum absolute atomic E-state index is 0.0345. The van der Waals surface area contributed by atoms with Gasteiger partial charge in [-0.25, -0.2) is 0 Å². The van der Waals surface area contributed by atoms with Gasteiger partial charge in [-0.1, -0.05) is 35.6 Å². The van der Waals surface area contributed by atoms with Gasteiger partial charge in [0.15, 0.2) is 6.29 Å². The first-order valence-electron chi connectivity index (χ1n) is 9.78. The monoisotopic (exact) mass is 372 g/mol. The highest BCUT2D eigenvalue weighted by Crippen LogP contribution is 2.29. The maximum absolute atomic E-state index is 5.63. The Balaban J connectivity index is 1.61. The lowest BCUT2D eigenvalue weighted by Gasteiger charge is -2.16.